The summed E-state index contributed by atoms with van der Waals surface area (Å²) < 4.78 is 11.6. The molecular weight excluding hydrogens is 521 g/mol. The first-order chi connectivity index (χ1) is 15.9. The molecule has 1 heterocycles. The van der Waals surface area contributed by atoms with E-state index in [1.165, 1.54) is 23.8 Å². The lowest BCUT2D eigenvalue weighted by molar-refractivity contribution is -0.113. The molecule has 0 aliphatic carbocycles. The molecule has 3 aromatic carbocycles. The lowest BCUT2D eigenvalue weighted by atomic mass is 10.1. The molecular formula is C24H16Cl3NO3S2. The fraction of sp³-hybridized carbons (Fsp3) is 0.0833. The van der Waals surface area contributed by atoms with E-state index in [1.54, 1.807) is 48.5 Å². The number of carbonyl (C=O) groups excluding carboxylic acids is 1. The number of nitrogens with zero attached hydrogens (tertiary/aromatic N) is 1. The fourth-order valence-electron chi connectivity index (χ4n) is 3.18. The normalized spacial score (nSPS) is 14.8. The van der Waals surface area contributed by atoms with Crippen LogP contribution in [0.2, 0.25) is 15.1 Å². The Morgan fingerprint density at radius 2 is 1.76 bits per heavy atom. The monoisotopic (exact) mass is 535 g/mol. The molecule has 0 spiro atoms. The summed E-state index contributed by atoms with van der Waals surface area (Å²) >= 11 is 25.2. The standard InChI is InChI=1S/C24H16Cl3NO3S2/c1-30-21-8-6-18(12-19(21)27)28-23(29)22(33-24(28)32)11-15-10-17(26)5-7-20(15)31-13-14-3-2-4-16(25)9-14/h2-12H,13H2,1H3/b22-11+. The molecule has 0 aromatic heterocycles. The summed E-state index contributed by atoms with van der Waals surface area (Å²) in [5.74, 6) is 0.839. The molecule has 0 saturated carbocycles. The van der Waals surface area contributed by atoms with Gasteiger partial charge in [-0.3, -0.25) is 9.69 Å². The van der Waals surface area contributed by atoms with Crippen LogP contribution >= 0.6 is 58.8 Å². The molecule has 4 nitrogen and oxygen atoms in total. The molecule has 0 radical (unpaired) electrons. The topological polar surface area (TPSA) is 38.8 Å². The van der Waals surface area contributed by atoms with Gasteiger partial charge in [0, 0.05) is 15.6 Å². The van der Waals surface area contributed by atoms with Gasteiger partial charge < -0.3 is 9.47 Å². The van der Waals surface area contributed by atoms with Gasteiger partial charge in [0.25, 0.3) is 5.91 Å². The van der Waals surface area contributed by atoms with Crippen molar-refractivity contribution in [3.63, 3.8) is 0 Å². The lowest BCUT2D eigenvalue weighted by Gasteiger charge is -2.15. The summed E-state index contributed by atoms with van der Waals surface area (Å²) in [6.45, 7) is 0.314. The Balaban J connectivity index is 1.61. The number of amides is 1. The van der Waals surface area contributed by atoms with Crippen molar-refractivity contribution >= 4 is 80.8 Å². The zero-order valence-electron chi connectivity index (χ0n) is 17.2. The minimum Gasteiger partial charge on any atom is -0.495 e. The molecule has 4 rings (SSSR count). The number of thioether (sulfide) groups is 1. The van der Waals surface area contributed by atoms with Crippen LogP contribution < -0.4 is 14.4 Å². The Morgan fingerprint density at radius 3 is 2.48 bits per heavy atom. The van der Waals surface area contributed by atoms with Gasteiger partial charge in [-0.25, -0.2) is 0 Å². The second kappa shape index (κ2) is 10.4. The number of benzene rings is 3. The maximum absolute atomic E-state index is 13.2. The van der Waals surface area contributed by atoms with Gasteiger partial charge in [0.15, 0.2) is 4.32 Å². The van der Waals surface area contributed by atoms with E-state index in [2.05, 4.69) is 0 Å². The van der Waals surface area contributed by atoms with Crippen molar-refractivity contribution < 1.29 is 14.3 Å². The van der Waals surface area contributed by atoms with Gasteiger partial charge in [-0.05, 0) is 60.2 Å². The molecule has 168 valence electrons. The van der Waals surface area contributed by atoms with Gasteiger partial charge >= 0.3 is 0 Å². The van der Waals surface area contributed by atoms with Crippen LogP contribution in [-0.4, -0.2) is 17.3 Å². The second-order valence-corrected chi connectivity index (χ2v) is 9.89. The van der Waals surface area contributed by atoms with Crippen LogP contribution in [-0.2, 0) is 11.4 Å². The Hall–Kier alpha value is -2.22. The molecule has 0 atom stereocenters. The molecule has 3 aromatic rings. The number of methoxy groups -OCH3 is 1. The molecule has 1 amide bonds. The average molecular weight is 537 g/mol. The molecule has 1 saturated heterocycles. The second-order valence-electron chi connectivity index (χ2n) is 6.94. The van der Waals surface area contributed by atoms with Gasteiger partial charge in [0.2, 0.25) is 0 Å². The van der Waals surface area contributed by atoms with Gasteiger partial charge in [-0.1, -0.05) is 70.9 Å². The highest BCUT2D eigenvalue weighted by Gasteiger charge is 2.34. The van der Waals surface area contributed by atoms with Crippen molar-refractivity contribution in [1.82, 2.24) is 0 Å². The summed E-state index contributed by atoms with van der Waals surface area (Å²) in [7, 11) is 1.53. The number of halogens is 3. The van der Waals surface area contributed by atoms with Crippen LogP contribution in [0.4, 0.5) is 5.69 Å². The van der Waals surface area contributed by atoms with Gasteiger partial charge in [0.05, 0.1) is 22.7 Å². The molecule has 1 aliphatic rings. The molecule has 1 fully saturated rings. The maximum Gasteiger partial charge on any atom is 0.270 e. The smallest absolute Gasteiger partial charge is 0.270 e. The summed E-state index contributed by atoms with van der Waals surface area (Å²) in [5.41, 5.74) is 2.15. The van der Waals surface area contributed by atoms with Crippen LogP contribution in [0.1, 0.15) is 11.1 Å². The minimum absolute atomic E-state index is 0.257. The number of anilines is 1. The van der Waals surface area contributed by atoms with Crippen molar-refractivity contribution in [2.24, 2.45) is 0 Å². The zero-order chi connectivity index (χ0) is 23.5. The number of hydrogen-bond acceptors (Lipinski definition) is 5. The van der Waals surface area contributed by atoms with Crippen molar-refractivity contribution in [3.05, 3.63) is 91.8 Å². The van der Waals surface area contributed by atoms with Gasteiger partial charge in [-0.2, -0.15) is 0 Å². The van der Waals surface area contributed by atoms with Gasteiger partial charge in [-0.15, -0.1) is 0 Å². The minimum atomic E-state index is -0.257. The Labute approximate surface area is 216 Å². The number of ether oxygens (including phenoxy) is 2. The number of carbonyl (C=O) groups is 1. The van der Waals surface area contributed by atoms with Crippen LogP contribution in [0.3, 0.4) is 0 Å². The van der Waals surface area contributed by atoms with E-state index < -0.39 is 0 Å². The SMILES string of the molecule is COc1ccc(N2C(=O)/C(=C\c3cc(Cl)ccc3OCc3cccc(Cl)c3)SC2=S)cc1Cl. The summed E-state index contributed by atoms with van der Waals surface area (Å²) in [4.78, 5) is 15.1. The fourth-order valence-corrected chi connectivity index (χ4v) is 5.11. The van der Waals surface area contributed by atoms with E-state index in [9.17, 15) is 4.79 Å². The first kappa shape index (κ1) is 23.9. The number of rotatable bonds is 6. The predicted octanol–water partition coefficient (Wildman–Crippen LogP) is 7.64. The summed E-state index contributed by atoms with van der Waals surface area (Å²) in [5, 5.41) is 1.54. The molecule has 0 bridgehead atoms. The third-order valence-corrected chi connectivity index (χ3v) is 6.80. The first-order valence-corrected chi connectivity index (χ1v) is 12.0. The van der Waals surface area contributed by atoms with E-state index in [-0.39, 0.29) is 5.91 Å². The highest BCUT2D eigenvalue weighted by molar-refractivity contribution is 8.27. The predicted molar refractivity (Wildman–Crippen MR) is 141 cm³/mol. The summed E-state index contributed by atoms with van der Waals surface area (Å²) in [6, 6.07) is 17.7. The highest BCUT2D eigenvalue weighted by atomic mass is 35.5. The Bertz CT molecular complexity index is 1280. The van der Waals surface area contributed by atoms with E-state index in [1.807, 2.05) is 18.2 Å². The number of hydrogen-bond donors (Lipinski definition) is 0. The molecule has 9 heteroatoms. The summed E-state index contributed by atoms with van der Waals surface area (Å²) in [6.07, 6.45) is 1.73. The van der Waals surface area contributed by atoms with E-state index >= 15 is 0 Å². The van der Waals surface area contributed by atoms with Crippen LogP contribution in [0.5, 0.6) is 11.5 Å². The Morgan fingerprint density at radius 1 is 1.00 bits per heavy atom. The van der Waals surface area contributed by atoms with Gasteiger partial charge in [0.1, 0.15) is 18.1 Å². The van der Waals surface area contributed by atoms with Crippen molar-refractivity contribution in [2.75, 3.05) is 12.0 Å². The third-order valence-electron chi connectivity index (χ3n) is 4.73. The van der Waals surface area contributed by atoms with Crippen molar-refractivity contribution in [3.8, 4) is 11.5 Å². The maximum atomic E-state index is 13.2. The highest BCUT2D eigenvalue weighted by Crippen LogP contribution is 2.39. The molecule has 1 aliphatic heterocycles. The van der Waals surface area contributed by atoms with Crippen LogP contribution in [0, 0.1) is 0 Å². The Kier molecular flexibility index (Phi) is 7.51. The third kappa shape index (κ3) is 5.48. The van der Waals surface area contributed by atoms with E-state index in [4.69, 9.17) is 56.5 Å². The van der Waals surface area contributed by atoms with Crippen molar-refractivity contribution in [2.45, 2.75) is 6.61 Å². The van der Waals surface area contributed by atoms with Crippen LogP contribution in [0.15, 0.2) is 65.6 Å². The quantitative estimate of drug-likeness (QED) is 0.239. The average Bonchev–Trinajstić information content (AvgIpc) is 3.06. The molecule has 0 N–H and O–H groups in total. The molecule has 0 unspecified atom stereocenters. The number of thiocarbonyl (C=S) groups is 1. The largest absolute Gasteiger partial charge is 0.495 e. The zero-order valence-corrected chi connectivity index (χ0v) is 21.1. The lowest BCUT2D eigenvalue weighted by Crippen LogP contribution is -2.27. The first-order valence-electron chi connectivity index (χ1n) is 9.64. The van der Waals surface area contributed by atoms with E-state index in [0.717, 1.165) is 5.56 Å². The molecule has 33 heavy (non-hydrogen) atoms. The van der Waals surface area contributed by atoms with Crippen LogP contribution in [0.25, 0.3) is 6.08 Å². The van der Waals surface area contributed by atoms with Crippen molar-refractivity contribution in [1.29, 1.82) is 0 Å². The van der Waals surface area contributed by atoms with E-state index in [0.29, 0.717) is 53.7 Å².